The van der Waals surface area contributed by atoms with Crippen molar-refractivity contribution < 1.29 is 9.59 Å². The summed E-state index contributed by atoms with van der Waals surface area (Å²) < 4.78 is 0. The molecule has 2 nitrogen and oxygen atoms in total. The summed E-state index contributed by atoms with van der Waals surface area (Å²) in [6.07, 6.45) is 12.3. The zero-order chi connectivity index (χ0) is 15.2. The Labute approximate surface area is 130 Å². The van der Waals surface area contributed by atoms with Crippen molar-refractivity contribution >= 4 is 11.6 Å². The van der Waals surface area contributed by atoms with Gasteiger partial charge in [-0.2, -0.15) is 0 Å². The van der Waals surface area contributed by atoms with Crippen LogP contribution in [-0.2, 0) is 9.59 Å². The average Bonchev–Trinajstić information content (AvgIpc) is 2.94. The molecule has 120 valence electrons. The third kappa shape index (κ3) is 4.66. The van der Waals surface area contributed by atoms with Crippen LogP contribution in [-0.4, -0.2) is 11.6 Å². The van der Waals surface area contributed by atoms with Gasteiger partial charge in [-0.3, -0.25) is 4.79 Å². The van der Waals surface area contributed by atoms with Crippen LogP contribution >= 0.6 is 0 Å². The summed E-state index contributed by atoms with van der Waals surface area (Å²) in [6.45, 7) is 3.94. The fraction of sp³-hybridized carbons (Fsp3) is 0.895. The van der Waals surface area contributed by atoms with Crippen molar-refractivity contribution in [2.75, 3.05) is 0 Å². The van der Waals surface area contributed by atoms with Gasteiger partial charge >= 0.3 is 0 Å². The van der Waals surface area contributed by atoms with Crippen LogP contribution in [0.25, 0.3) is 0 Å². The minimum absolute atomic E-state index is 0.286. The predicted molar refractivity (Wildman–Crippen MR) is 86.1 cm³/mol. The van der Waals surface area contributed by atoms with Crippen molar-refractivity contribution in [3.63, 3.8) is 0 Å². The highest BCUT2D eigenvalue weighted by atomic mass is 16.1. The molecule has 0 spiro atoms. The standard InChI is InChI=1S/C19H32O2/c1-3-15-10-12-17(13-11-15)19(21)18-9-5-8-16(18)7-4-6-14(2)20/h15-18H,3-13H2,1-2H3. The van der Waals surface area contributed by atoms with E-state index < -0.39 is 0 Å². The summed E-state index contributed by atoms with van der Waals surface area (Å²) in [4.78, 5) is 23.9. The summed E-state index contributed by atoms with van der Waals surface area (Å²) >= 11 is 0. The van der Waals surface area contributed by atoms with E-state index in [0.717, 1.165) is 38.0 Å². The van der Waals surface area contributed by atoms with E-state index in [-0.39, 0.29) is 5.78 Å². The molecule has 21 heavy (non-hydrogen) atoms. The monoisotopic (exact) mass is 292 g/mol. The number of hydrogen-bond acceptors (Lipinski definition) is 2. The molecule has 2 saturated carbocycles. The second kappa shape index (κ2) is 8.10. The molecule has 2 rings (SSSR count). The fourth-order valence-electron chi connectivity index (χ4n) is 4.53. The molecule has 0 heterocycles. The van der Waals surface area contributed by atoms with Gasteiger partial charge < -0.3 is 4.79 Å². The van der Waals surface area contributed by atoms with E-state index in [1.54, 1.807) is 6.92 Å². The number of carbonyl (C=O) groups is 2. The first kappa shape index (κ1) is 16.7. The summed E-state index contributed by atoms with van der Waals surface area (Å²) in [5.41, 5.74) is 0. The van der Waals surface area contributed by atoms with E-state index in [9.17, 15) is 9.59 Å². The van der Waals surface area contributed by atoms with Gasteiger partial charge in [-0.05, 0) is 70.1 Å². The summed E-state index contributed by atoms with van der Waals surface area (Å²) in [6, 6.07) is 0. The van der Waals surface area contributed by atoms with Crippen molar-refractivity contribution in [1.29, 1.82) is 0 Å². The van der Waals surface area contributed by atoms with E-state index in [2.05, 4.69) is 6.92 Å². The lowest BCUT2D eigenvalue weighted by molar-refractivity contribution is -0.129. The number of hydrogen-bond donors (Lipinski definition) is 0. The molecule has 2 aliphatic carbocycles. The maximum atomic E-state index is 12.8. The first-order valence-electron chi connectivity index (χ1n) is 9.15. The third-order valence-electron chi connectivity index (χ3n) is 5.95. The Hall–Kier alpha value is -0.660. The molecule has 2 heteroatoms. The van der Waals surface area contributed by atoms with Crippen LogP contribution in [0.5, 0.6) is 0 Å². The predicted octanol–water partition coefficient (Wildman–Crippen LogP) is 4.95. The van der Waals surface area contributed by atoms with Gasteiger partial charge in [0.1, 0.15) is 11.6 Å². The lowest BCUT2D eigenvalue weighted by atomic mass is 9.74. The lowest BCUT2D eigenvalue weighted by Crippen LogP contribution is -2.29. The molecule has 0 aliphatic heterocycles. The van der Waals surface area contributed by atoms with Crippen molar-refractivity contribution in [3.8, 4) is 0 Å². The van der Waals surface area contributed by atoms with E-state index in [0.29, 0.717) is 30.0 Å². The van der Waals surface area contributed by atoms with Crippen molar-refractivity contribution in [1.82, 2.24) is 0 Å². The molecule has 0 aromatic carbocycles. The molecule has 0 saturated heterocycles. The van der Waals surface area contributed by atoms with Gasteiger partial charge in [-0.25, -0.2) is 0 Å². The molecule has 0 bridgehead atoms. The van der Waals surface area contributed by atoms with Gasteiger partial charge in [-0.1, -0.05) is 19.8 Å². The summed E-state index contributed by atoms with van der Waals surface area (Å²) in [5, 5.41) is 0. The van der Waals surface area contributed by atoms with Gasteiger partial charge in [0.2, 0.25) is 0 Å². The molecule has 0 aromatic heterocycles. The highest BCUT2D eigenvalue weighted by molar-refractivity contribution is 5.84. The normalized spacial score (nSPS) is 33.0. The Morgan fingerprint density at radius 1 is 1.00 bits per heavy atom. The highest BCUT2D eigenvalue weighted by Crippen LogP contribution is 2.40. The number of ketones is 2. The molecule has 0 aromatic rings. The van der Waals surface area contributed by atoms with Gasteiger partial charge in [0.25, 0.3) is 0 Å². The van der Waals surface area contributed by atoms with Crippen molar-refractivity contribution in [2.45, 2.75) is 84.5 Å². The lowest BCUT2D eigenvalue weighted by Gasteiger charge is -2.30. The Morgan fingerprint density at radius 2 is 1.71 bits per heavy atom. The van der Waals surface area contributed by atoms with Gasteiger partial charge in [-0.15, -0.1) is 0 Å². The van der Waals surface area contributed by atoms with Crippen LogP contribution in [0, 0.1) is 23.7 Å². The molecule has 2 fully saturated rings. The van der Waals surface area contributed by atoms with E-state index in [1.807, 2.05) is 0 Å². The second-order valence-corrected chi connectivity index (χ2v) is 7.42. The van der Waals surface area contributed by atoms with Crippen LogP contribution in [0.4, 0.5) is 0 Å². The number of Topliss-reactive ketones (excluding diaryl/α,β-unsaturated/α-hetero) is 2. The Morgan fingerprint density at radius 3 is 2.33 bits per heavy atom. The van der Waals surface area contributed by atoms with Crippen LogP contribution in [0.2, 0.25) is 0 Å². The van der Waals surface area contributed by atoms with Crippen molar-refractivity contribution in [2.24, 2.45) is 23.7 Å². The maximum Gasteiger partial charge on any atom is 0.139 e. The van der Waals surface area contributed by atoms with Crippen LogP contribution < -0.4 is 0 Å². The van der Waals surface area contributed by atoms with Gasteiger partial charge in [0, 0.05) is 18.3 Å². The third-order valence-corrected chi connectivity index (χ3v) is 5.95. The van der Waals surface area contributed by atoms with E-state index in [4.69, 9.17) is 0 Å². The molecule has 0 N–H and O–H groups in total. The van der Waals surface area contributed by atoms with Gasteiger partial charge in [0.05, 0.1) is 0 Å². The van der Waals surface area contributed by atoms with Crippen LogP contribution in [0.1, 0.15) is 84.5 Å². The minimum Gasteiger partial charge on any atom is -0.300 e. The topological polar surface area (TPSA) is 34.1 Å². The quantitative estimate of drug-likeness (QED) is 0.665. The van der Waals surface area contributed by atoms with E-state index >= 15 is 0 Å². The molecular weight excluding hydrogens is 260 g/mol. The first-order valence-corrected chi connectivity index (χ1v) is 9.15. The molecule has 2 unspecified atom stereocenters. The molecular formula is C19H32O2. The zero-order valence-corrected chi connectivity index (χ0v) is 13.9. The maximum absolute atomic E-state index is 12.8. The second-order valence-electron chi connectivity index (χ2n) is 7.42. The highest BCUT2D eigenvalue weighted by Gasteiger charge is 2.37. The summed E-state index contributed by atoms with van der Waals surface area (Å²) in [5.74, 6) is 2.97. The fourth-order valence-corrected chi connectivity index (χ4v) is 4.53. The van der Waals surface area contributed by atoms with Crippen LogP contribution in [0.3, 0.4) is 0 Å². The molecule has 2 atom stereocenters. The molecule has 0 amide bonds. The summed E-state index contributed by atoms with van der Waals surface area (Å²) in [7, 11) is 0. The number of carbonyl (C=O) groups excluding carboxylic acids is 2. The largest absolute Gasteiger partial charge is 0.300 e. The molecule has 2 aliphatic rings. The Balaban J connectivity index is 1.81. The Bertz CT molecular complexity index is 353. The van der Waals surface area contributed by atoms with Crippen LogP contribution in [0.15, 0.2) is 0 Å². The number of rotatable bonds is 7. The zero-order valence-electron chi connectivity index (χ0n) is 13.9. The average molecular weight is 292 g/mol. The smallest absolute Gasteiger partial charge is 0.139 e. The Kier molecular flexibility index (Phi) is 6.44. The van der Waals surface area contributed by atoms with E-state index in [1.165, 1.54) is 32.1 Å². The molecule has 0 radical (unpaired) electrons. The minimum atomic E-state index is 0.286. The first-order chi connectivity index (χ1) is 10.1. The van der Waals surface area contributed by atoms with Gasteiger partial charge in [0.15, 0.2) is 0 Å². The van der Waals surface area contributed by atoms with Crippen molar-refractivity contribution in [3.05, 3.63) is 0 Å². The SMILES string of the molecule is CCC1CCC(C(=O)C2CCCC2CCCC(C)=O)CC1.